The molecule has 1 aromatic rings. The average molecular weight is 246 g/mol. The monoisotopic (exact) mass is 245 g/mol. The molecule has 16 heavy (non-hydrogen) atoms. The van der Waals surface area contributed by atoms with Crippen LogP contribution in [0.15, 0.2) is 18.2 Å². The van der Waals surface area contributed by atoms with Gasteiger partial charge in [0.25, 0.3) is 5.69 Å². The lowest BCUT2D eigenvalue weighted by molar-refractivity contribution is -0.384. The molecule has 0 aliphatic heterocycles. The van der Waals surface area contributed by atoms with Crippen molar-refractivity contribution in [2.24, 2.45) is 0 Å². The van der Waals surface area contributed by atoms with Gasteiger partial charge in [-0.15, -0.1) is 0 Å². The quantitative estimate of drug-likeness (QED) is 0.639. The van der Waals surface area contributed by atoms with E-state index in [0.717, 1.165) is 0 Å². The van der Waals surface area contributed by atoms with Gasteiger partial charge in [-0.1, -0.05) is 18.5 Å². The maximum atomic E-state index is 10.4. The van der Waals surface area contributed by atoms with Gasteiger partial charge in [-0.05, 0) is 12.5 Å². The summed E-state index contributed by atoms with van der Waals surface area (Å²) in [5.41, 5.74) is -0.0895. The second kappa shape index (κ2) is 5.67. The number of hydrogen-bond donors (Lipinski definition) is 1. The van der Waals surface area contributed by atoms with Crippen LogP contribution in [0.25, 0.3) is 0 Å². The molecule has 0 aliphatic carbocycles. The van der Waals surface area contributed by atoms with Crippen LogP contribution in [-0.4, -0.2) is 22.7 Å². The van der Waals surface area contributed by atoms with Crippen molar-refractivity contribution in [3.63, 3.8) is 0 Å². The highest BCUT2D eigenvalue weighted by Gasteiger charge is 2.11. The van der Waals surface area contributed by atoms with Crippen LogP contribution < -0.4 is 4.74 Å². The Labute approximate surface area is 97.8 Å². The van der Waals surface area contributed by atoms with Crippen molar-refractivity contribution in [1.82, 2.24) is 0 Å². The van der Waals surface area contributed by atoms with Crippen molar-refractivity contribution in [1.29, 1.82) is 0 Å². The molecule has 0 saturated carbocycles. The highest BCUT2D eigenvalue weighted by atomic mass is 35.5. The van der Waals surface area contributed by atoms with Gasteiger partial charge in [-0.25, -0.2) is 0 Å². The van der Waals surface area contributed by atoms with Crippen LogP contribution in [0.4, 0.5) is 5.69 Å². The fourth-order valence-electron chi connectivity index (χ4n) is 1.02. The first-order chi connectivity index (χ1) is 7.54. The van der Waals surface area contributed by atoms with Crippen LogP contribution in [0.3, 0.4) is 0 Å². The number of nitro benzene ring substituents is 1. The third-order valence-corrected chi connectivity index (χ3v) is 2.32. The summed E-state index contributed by atoms with van der Waals surface area (Å²) in [5, 5.41) is 19.9. The Morgan fingerprint density at radius 2 is 2.31 bits per heavy atom. The molecule has 0 radical (unpaired) electrons. The molecule has 1 N–H and O–H groups in total. The van der Waals surface area contributed by atoms with Gasteiger partial charge in [0.1, 0.15) is 12.4 Å². The topological polar surface area (TPSA) is 72.6 Å². The van der Waals surface area contributed by atoms with E-state index in [1.165, 1.54) is 18.2 Å². The Morgan fingerprint density at radius 3 is 2.81 bits per heavy atom. The minimum atomic E-state index is -0.564. The summed E-state index contributed by atoms with van der Waals surface area (Å²) in [6.07, 6.45) is 0.0104. The molecule has 0 heterocycles. The fraction of sp³-hybridized carbons (Fsp3) is 0.400. The molecule has 0 aromatic heterocycles. The maximum absolute atomic E-state index is 10.4. The summed E-state index contributed by atoms with van der Waals surface area (Å²) in [7, 11) is 0. The number of aliphatic hydroxyl groups excluding tert-OH is 1. The molecule has 0 aliphatic rings. The van der Waals surface area contributed by atoms with Crippen LogP contribution in [0.5, 0.6) is 5.75 Å². The number of nitro groups is 1. The van der Waals surface area contributed by atoms with Gasteiger partial charge in [-0.2, -0.15) is 0 Å². The smallest absolute Gasteiger partial charge is 0.271 e. The number of halogens is 1. The maximum Gasteiger partial charge on any atom is 0.271 e. The number of non-ortho nitro benzene ring substituents is 1. The molecule has 1 unspecified atom stereocenters. The molecular weight excluding hydrogens is 234 g/mol. The van der Waals surface area contributed by atoms with E-state index in [1.807, 2.05) is 6.92 Å². The predicted molar refractivity (Wildman–Crippen MR) is 59.9 cm³/mol. The zero-order valence-corrected chi connectivity index (χ0v) is 9.48. The second-order valence-corrected chi connectivity index (χ2v) is 3.65. The first-order valence-electron chi connectivity index (χ1n) is 4.79. The molecule has 0 amide bonds. The van der Waals surface area contributed by atoms with Gasteiger partial charge in [0.2, 0.25) is 0 Å². The van der Waals surface area contributed by atoms with Crippen LogP contribution in [-0.2, 0) is 0 Å². The number of ether oxygens (including phenoxy) is 1. The minimum absolute atomic E-state index is 0.0895. The van der Waals surface area contributed by atoms with Crippen molar-refractivity contribution >= 4 is 17.3 Å². The molecule has 0 fully saturated rings. The lowest BCUT2D eigenvalue weighted by Crippen LogP contribution is -2.16. The third-order valence-electron chi connectivity index (χ3n) is 2.03. The first-order valence-corrected chi connectivity index (χ1v) is 5.17. The van der Waals surface area contributed by atoms with E-state index in [0.29, 0.717) is 12.2 Å². The van der Waals surface area contributed by atoms with Gasteiger partial charge < -0.3 is 9.84 Å². The second-order valence-electron chi connectivity index (χ2n) is 3.24. The van der Waals surface area contributed by atoms with Crippen molar-refractivity contribution in [2.75, 3.05) is 6.61 Å². The average Bonchev–Trinajstić information content (AvgIpc) is 2.26. The summed E-state index contributed by atoms with van der Waals surface area (Å²) in [6, 6.07) is 3.94. The number of hydrogen-bond acceptors (Lipinski definition) is 4. The lowest BCUT2D eigenvalue weighted by atomic mass is 10.3. The van der Waals surface area contributed by atoms with E-state index in [9.17, 15) is 15.2 Å². The number of nitrogens with zero attached hydrogens (tertiary/aromatic N) is 1. The van der Waals surface area contributed by atoms with E-state index in [4.69, 9.17) is 16.3 Å². The molecule has 1 aromatic carbocycles. The van der Waals surface area contributed by atoms with Gasteiger partial charge in [-0.3, -0.25) is 10.1 Å². The molecule has 88 valence electrons. The van der Waals surface area contributed by atoms with Gasteiger partial charge in [0.05, 0.1) is 16.0 Å². The van der Waals surface area contributed by atoms with Crippen LogP contribution in [0.1, 0.15) is 13.3 Å². The Morgan fingerprint density at radius 1 is 1.62 bits per heavy atom. The molecule has 1 atom stereocenters. The zero-order chi connectivity index (χ0) is 12.1. The SMILES string of the molecule is CCC(O)COc1ccc([N+](=O)[O-])cc1Cl. The normalized spacial score (nSPS) is 12.2. The Bertz CT molecular complexity index is 383. The standard InChI is InChI=1S/C10H12ClNO4/c1-2-8(13)6-16-10-4-3-7(12(14)15)5-9(10)11/h3-5,8,13H,2,6H2,1H3. The molecule has 0 saturated heterocycles. The van der Waals surface area contributed by atoms with E-state index in [2.05, 4.69) is 0 Å². The Kier molecular flexibility index (Phi) is 4.52. The van der Waals surface area contributed by atoms with Crippen LogP contribution in [0.2, 0.25) is 5.02 Å². The van der Waals surface area contributed by atoms with Crippen LogP contribution in [0, 0.1) is 10.1 Å². The highest BCUT2D eigenvalue weighted by Crippen LogP contribution is 2.28. The van der Waals surface area contributed by atoms with Crippen LogP contribution >= 0.6 is 11.6 Å². The Hall–Kier alpha value is -1.33. The summed E-state index contributed by atoms with van der Waals surface area (Å²) >= 11 is 5.79. The van der Waals surface area contributed by atoms with Gasteiger partial charge >= 0.3 is 0 Å². The molecule has 5 nitrogen and oxygen atoms in total. The van der Waals surface area contributed by atoms with E-state index >= 15 is 0 Å². The van der Waals surface area contributed by atoms with Crippen molar-refractivity contribution in [2.45, 2.75) is 19.4 Å². The minimum Gasteiger partial charge on any atom is -0.489 e. The summed E-state index contributed by atoms with van der Waals surface area (Å²) < 4.78 is 5.22. The van der Waals surface area contributed by atoms with E-state index in [1.54, 1.807) is 0 Å². The molecule has 0 bridgehead atoms. The summed E-state index contributed by atoms with van der Waals surface area (Å²) in [6.45, 7) is 1.94. The summed E-state index contributed by atoms with van der Waals surface area (Å²) in [5.74, 6) is 0.333. The largest absolute Gasteiger partial charge is 0.489 e. The first kappa shape index (κ1) is 12.7. The highest BCUT2D eigenvalue weighted by molar-refractivity contribution is 6.32. The van der Waals surface area contributed by atoms with Crippen molar-refractivity contribution < 1.29 is 14.8 Å². The number of aliphatic hydroxyl groups is 1. The van der Waals surface area contributed by atoms with Crippen molar-refractivity contribution in [3.8, 4) is 5.75 Å². The van der Waals surface area contributed by atoms with E-state index in [-0.39, 0.29) is 17.3 Å². The molecule has 0 spiro atoms. The summed E-state index contributed by atoms with van der Waals surface area (Å²) in [4.78, 5) is 9.91. The molecule has 6 heteroatoms. The Balaban J connectivity index is 2.72. The lowest BCUT2D eigenvalue weighted by Gasteiger charge is -2.11. The van der Waals surface area contributed by atoms with Gasteiger partial charge in [0, 0.05) is 12.1 Å². The third kappa shape index (κ3) is 3.36. The number of rotatable bonds is 5. The van der Waals surface area contributed by atoms with E-state index < -0.39 is 11.0 Å². The predicted octanol–water partition coefficient (Wildman–Crippen LogP) is 2.40. The van der Waals surface area contributed by atoms with Crippen molar-refractivity contribution in [3.05, 3.63) is 33.3 Å². The number of benzene rings is 1. The molecular formula is C10H12ClNO4. The molecule has 1 rings (SSSR count). The zero-order valence-electron chi connectivity index (χ0n) is 8.72. The van der Waals surface area contributed by atoms with Gasteiger partial charge in [0.15, 0.2) is 0 Å². The fourth-order valence-corrected chi connectivity index (χ4v) is 1.25.